The number of rotatable bonds is 2. The van der Waals surface area contributed by atoms with Crippen molar-refractivity contribution < 1.29 is 4.74 Å². The van der Waals surface area contributed by atoms with Crippen LogP contribution in [0.15, 0.2) is 12.3 Å². The topological polar surface area (TPSA) is 48.1 Å². The Morgan fingerprint density at radius 1 is 1.38 bits per heavy atom. The van der Waals surface area contributed by atoms with E-state index in [9.17, 15) is 0 Å². The van der Waals surface area contributed by atoms with Crippen molar-refractivity contribution >= 4 is 0 Å². The standard InChI is InChI=1S/C13H18N2O/c14-9-13(4-1-2-5-13)12-7-10-3-6-16-11(10)8-15-12/h7-8H,1-6,9,14H2. The second kappa shape index (κ2) is 3.74. The van der Waals surface area contributed by atoms with Crippen LogP contribution in [0, 0.1) is 0 Å². The smallest absolute Gasteiger partial charge is 0.140 e. The summed E-state index contributed by atoms with van der Waals surface area (Å²) in [5, 5.41) is 0. The van der Waals surface area contributed by atoms with Crippen molar-refractivity contribution in [2.75, 3.05) is 13.2 Å². The van der Waals surface area contributed by atoms with Gasteiger partial charge in [-0.15, -0.1) is 0 Å². The van der Waals surface area contributed by atoms with Crippen molar-refractivity contribution in [1.29, 1.82) is 0 Å². The summed E-state index contributed by atoms with van der Waals surface area (Å²) in [5.74, 6) is 0.967. The summed E-state index contributed by atoms with van der Waals surface area (Å²) >= 11 is 0. The Morgan fingerprint density at radius 2 is 2.19 bits per heavy atom. The molecule has 0 bridgehead atoms. The van der Waals surface area contributed by atoms with E-state index in [0.717, 1.165) is 25.3 Å². The molecule has 1 aliphatic heterocycles. The molecule has 1 aromatic rings. The van der Waals surface area contributed by atoms with Gasteiger partial charge in [-0.2, -0.15) is 0 Å². The van der Waals surface area contributed by atoms with Crippen LogP contribution in [0.1, 0.15) is 36.9 Å². The summed E-state index contributed by atoms with van der Waals surface area (Å²) in [6.45, 7) is 1.52. The highest BCUT2D eigenvalue weighted by Gasteiger charge is 2.36. The molecule has 3 nitrogen and oxygen atoms in total. The predicted octanol–water partition coefficient (Wildman–Crippen LogP) is 1.79. The molecule has 2 aliphatic rings. The zero-order valence-electron chi connectivity index (χ0n) is 9.54. The van der Waals surface area contributed by atoms with Gasteiger partial charge in [0.2, 0.25) is 0 Å². The van der Waals surface area contributed by atoms with Gasteiger partial charge < -0.3 is 10.5 Å². The zero-order valence-corrected chi connectivity index (χ0v) is 9.54. The highest BCUT2D eigenvalue weighted by molar-refractivity contribution is 5.38. The molecule has 0 spiro atoms. The van der Waals surface area contributed by atoms with E-state index in [4.69, 9.17) is 10.5 Å². The predicted molar refractivity (Wildman–Crippen MR) is 62.6 cm³/mol. The number of hydrogen-bond acceptors (Lipinski definition) is 3. The molecule has 1 saturated carbocycles. The number of ether oxygens (including phenoxy) is 1. The maximum atomic E-state index is 5.97. The molecule has 1 aromatic heterocycles. The largest absolute Gasteiger partial charge is 0.491 e. The summed E-state index contributed by atoms with van der Waals surface area (Å²) in [6, 6.07) is 2.22. The van der Waals surface area contributed by atoms with Gasteiger partial charge in [0, 0.05) is 29.6 Å². The van der Waals surface area contributed by atoms with Crippen molar-refractivity contribution in [2.24, 2.45) is 5.73 Å². The molecular formula is C13H18N2O. The Hall–Kier alpha value is -1.09. The van der Waals surface area contributed by atoms with Gasteiger partial charge in [0.05, 0.1) is 12.8 Å². The molecule has 0 aromatic carbocycles. The summed E-state index contributed by atoms with van der Waals surface area (Å²) in [4.78, 5) is 4.57. The van der Waals surface area contributed by atoms with Crippen LogP contribution in [-0.4, -0.2) is 18.1 Å². The molecule has 2 heterocycles. The molecule has 1 aliphatic carbocycles. The lowest BCUT2D eigenvalue weighted by molar-refractivity contribution is 0.355. The van der Waals surface area contributed by atoms with Crippen molar-refractivity contribution in [3.8, 4) is 5.75 Å². The van der Waals surface area contributed by atoms with Gasteiger partial charge in [-0.1, -0.05) is 12.8 Å². The van der Waals surface area contributed by atoms with Crippen molar-refractivity contribution in [3.63, 3.8) is 0 Å². The van der Waals surface area contributed by atoms with Gasteiger partial charge in [-0.05, 0) is 18.9 Å². The molecule has 3 heteroatoms. The first-order chi connectivity index (χ1) is 7.84. The van der Waals surface area contributed by atoms with E-state index in [0.29, 0.717) is 0 Å². The lowest BCUT2D eigenvalue weighted by atomic mass is 9.82. The number of pyridine rings is 1. The highest BCUT2D eigenvalue weighted by atomic mass is 16.5. The second-order valence-electron chi connectivity index (χ2n) is 4.97. The minimum Gasteiger partial charge on any atom is -0.491 e. The number of nitrogens with zero attached hydrogens (tertiary/aromatic N) is 1. The third-order valence-electron chi connectivity index (χ3n) is 4.07. The van der Waals surface area contributed by atoms with Crippen molar-refractivity contribution in [1.82, 2.24) is 4.98 Å². The minimum atomic E-state index is 0.150. The van der Waals surface area contributed by atoms with Gasteiger partial charge in [-0.25, -0.2) is 0 Å². The third-order valence-corrected chi connectivity index (χ3v) is 4.07. The van der Waals surface area contributed by atoms with Crippen LogP contribution in [0.2, 0.25) is 0 Å². The lowest BCUT2D eigenvalue weighted by Crippen LogP contribution is -2.33. The van der Waals surface area contributed by atoms with Gasteiger partial charge >= 0.3 is 0 Å². The Morgan fingerprint density at radius 3 is 2.94 bits per heavy atom. The van der Waals surface area contributed by atoms with E-state index in [1.165, 1.54) is 36.9 Å². The molecule has 0 unspecified atom stereocenters. The lowest BCUT2D eigenvalue weighted by Gasteiger charge is -2.26. The van der Waals surface area contributed by atoms with Crippen molar-refractivity contribution in [3.05, 3.63) is 23.5 Å². The van der Waals surface area contributed by atoms with E-state index in [-0.39, 0.29) is 5.41 Å². The van der Waals surface area contributed by atoms with E-state index in [1.807, 2.05) is 6.20 Å². The number of aromatic nitrogens is 1. The van der Waals surface area contributed by atoms with E-state index in [1.54, 1.807) is 0 Å². The van der Waals surface area contributed by atoms with E-state index in [2.05, 4.69) is 11.1 Å². The highest BCUT2D eigenvalue weighted by Crippen LogP contribution is 2.40. The first-order valence-corrected chi connectivity index (χ1v) is 6.16. The maximum Gasteiger partial charge on any atom is 0.140 e. The molecule has 0 saturated heterocycles. The number of hydrogen-bond donors (Lipinski definition) is 1. The third kappa shape index (κ3) is 1.42. The van der Waals surface area contributed by atoms with Gasteiger partial charge in [0.1, 0.15) is 5.75 Å². The van der Waals surface area contributed by atoms with Crippen LogP contribution >= 0.6 is 0 Å². The Kier molecular flexibility index (Phi) is 2.36. The number of fused-ring (bicyclic) bond motifs is 1. The van der Waals surface area contributed by atoms with Crippen LogP contribution in [-0.2, 0) is 11.8 Å². The first-order valence-electron chi connectivity index (χ1n) is 6.16. The van der Waals surface area contributed by atoms with Crippen LogP contribution in [0.4, 0.5) is 0 Å². The van der Waals surface area contributed by atoms with Crippen LogP contribution in [0.25, 0.3) is 0 Å². The van der Waals surface area contributed by atoms with E-state index < -0.39 is 0 Å². The minimum absolute atomic E-state index is 0.150. The van der Waals surface area contributed by atoms with E-state index >= 15 is 0 Å². The maximum absolute atomic E-state index is 5.97. The fraction of sp³-hybridized carbons (Fsp3) is 0.615. The molecule has 0 atom stereocenters. The molecule has 16 heavy (non-hydrogen) atoms. The molecule has 3 rings (SSSR count). The molecule has 0 amide bonds. The summed E-state index contributed by atoms with van der Waals surface area (Å²) in [5.41, 5.74) is 8.63. The van der Waals surface area contributed by atoms with Gasteiger partial charge in [-0.3, -0.25) is 4.98 Å². The molecular weight excluding hydrogens is 200 g/mol. The van der Waals surface area contributed by atoms with Crippen LogP contribution in [0.3, 0.4) is 0 Å². The Labute approximate surface area is 96.0 Å². The first kappa shape index (κ1) is 10.1. The average Bonchev–Trinajstić information content (AvgIpc) is 2.97. The Balaban J connectivity index is 1.99. The second-order valence-corrected chi connectivity index (χ2v) is 4.97. The monoisotopic (exact) mass is 218 g/mol. The molecule has 86 valence electrons. The zero-order chi connectivity index (χ0) is 11.0. The molecule has 0 radical (unpaired) electrons. The Bertz CT molecular complexity index is 397. The quantitative estimate of drug-likeness (QED) is 0.823. The normalized spacial score (nSPS) is 21.8. The van der Waals surface area contributed by atoms with Gasteiger partial charge in [0.15, 0.2) is 0 Å². The molecule has 1 fully saturated rings. The summed E-state index contributed by atoms with van der Waals surface area (Å²) < 4.78 is 5.49. The summed E-state index contributed by atoms with van der Waals surface area (Å²) in [6.07, 6.45) is 7.85. The molecule has 2 N–H and O–H groups in total. The van der Waals surface area contributed by atoms with Crippen molar-refractivity contribution in [2.45, 2.75) is 37.5 Å². The fourth-order valence-electron chi connectivity index (χ4n) is 2.99. The van der Waals surface area contributed by atoms with Crippen LogP contribution in [0.5, 0.6) is 5.75 Å². The fourth-order valence-corrected chi connectivity index (χ4v) is 2.99. The van der Waals surface area contributed by atoms with Crippen LogP contribution < -0.4 is 10.5 Å². The number of nitrogens with two attached hydrogens (primary N) is 1. The SMILES string of the molecule is NCC1(c2cc3c(cn2)OCC3)CCCC1. The van der Waals surface area contributed by atoms with Gasteiger partial charge in [0.25, 0.3) is 0 Å². The summed E-state index contributed by atoms with van der Waals surface area (Å²) in [7, 11) is 0. The average molecular weight is 218 g/mol.